The summed E-state index contributed by atoms with van der Waals surface area (Å²) in [5.74, 6) is 0.296. The van der Waals surface area contributed by atoms with Gasteiger partial charge in [0.25, 0.3) is 0 Å². The molecule has 0 unspecified atom stereocenters. The van der Waals surface area contributed by atoms with Crippen molar-refractivity contribution in [2.45, 2.75) is 25.7 Å². The van der Waals surface area contributed by atoms with Crippen LogP contribution in [0.5, 0.6) is 0 Å². The van der Waals surface area contributed by atoms with Gasteiger partial charge in [-0.2, -0.15) is 0 Å². The molecule has 0 atom stereocenters. The van der Waals surface area contributed by atoms with Gasteiger partial charge in [0.15, 0.2) is 0 Å². The Morgan fingerprint density at radius 3 is 2.29 bits per heavy atom. The van der Waals surface area contributed by atoms with Gasteiger partial charge in [-0.25, -0.2) is 4.99 Å². The normalized spacial score (nSPS) is 24.6. The van der Waals surface area contributed by atoms with Gasteiger partial charge >= 0.3 is 5.97 Å². The Balaban J connectivity index is 2.41. The summed E-state index contributed by atoms with van der Waals surface area (Å²) in [5.41, 5.74) is 0. The molecular weight excluding hydrogens is 236 g/mol. The number of esters is 1. The average molecular weight is 256 g/mol. The van der Waals surface area contributed by atoms with Crippen molar-refractivity contribution in [2.75, 3.05) is 21.2 Å². The molecule has 0 aliphatic heterocycles. The molecule has 1 aliphatic rings. The van der Waals surface area contributed by atoms with Crippen LogP contribution in [0, 0.1) is 11.8 Å². The van der Waals surface area contributed by atoms with E-state index in [2.05, 4.69) is 4.99 Å². The lowest BCUT2D eigenvalue weighted by atomic mass is 9.82. The summed E-state index contributed by atoms with van der Waals surface area (Å²) in [6.07, 6.45) is 5.31. The van der Waals surface area contributed by atoms with E-state index < -0.39 is 0 Å². The van der Waals surface area contributed by atoms with Crippen molar-refractivity contribution in [2.24, 2.45) is 16.8 Å². The Kier molecular flexibility index (Phi) is 5.55. The fraction of sp³-hybridized carbons (Fsp3) is 0.750. The SMILES string of the molecule is COC(=O)C1CCC(C(=S)/N=C/N(C)C)CC1. The highest BCUT2D eigenvalue weighted by Crippen LogP contribution is 2.30. The molecular formula is C12H20N2O2S. The van der Waals surface area contributed by atoms with Gasteiger partial charge in [0.2, 0.25) is 0 Å². The van der Waals surface area contributed by atoms with Crippen LogP contribution in [-0.2, 0) is 9.53 Å². The van der Waals surface area contributed by atoms with Crippen molar-refractivity contribution in [1.29, 1.82) is 0 Å². The van der Waals surface area contributed by atoms with Gasteiger partial charge in [-0.05, 0) is 25.7 Å². The lowest BCUT2D eigenvalue weighted by Gasteiger charge is -2.25. The molecule has 0 amide bonds. The first kappa shape index (κ1) is 14.1. The Morgan fingerprint density at radius 2 is 1.82 bits per heavy atom. The van der Waals surface area contributed by atoms with Crippen molar-refractivity contribution in [3.63, 3.8) is 0 Å². The van der Waals surface area contributed by atoms with E-state index in [0.717, 1.165) is 30.7 Å². The molecule has 0 bridgehead atoms. The third kappa shape index (κ3) is 4.42. The van der Waals surface area contributed by atoms with Gasteiger partial charge in [-0.3, -0.25) is 4.79 Å². The lowest BCUT2D eigenvalue weighted by Crippen LogP contribution is -2.25. The van der Waals surface area contributed by atoms with Crippen LogP contribution >= 0.6 is 12.2 Å². The second kappa shape index (κ2) is 6.69. The summed E-state index contributed by atoms with van der Waals surface area (Å²) in [7, 11) is 5.28. The van der Waals surface area contributed by atoms with Crippen LogP contribution in [0.4, 0.5) is 0 Å². The average Bonchev–Trinajstić information content (AvgIpc) is 2.35. The number of methoxy groups -OCH3 is 1. The first-order valence-electron chi connectivity index (χ1n) is 5.87. The van der Waals surface area contributed by atoms with E-state index in [9.17, 15) is 4.79 Å². The van der Waals surface area contributed by atoms with Crippen LogP contribution < -0.4 is 0 Å². The molecule has 1 saturated carbocycles. The molecule has 0 radical (unpaired) electrons. The third-order valence-corrected chi connectivity index (χ3v) is 3.47. The van der Waals surface area contributed by atoms with Crippen molar-refractivity contribution in [1.82, 2.24) is 4.90 Å². The number of ether oxygens (including phenoxy) is 1. The van der Waals surface area contributed by atoms with Crippen molar-refractivity contribution in [3.8, 4) is 0 Å². The van der Waals surface area contributed by atoms with Crippen LogP contribution in [0.3, 0.4) is 0 Å². The van der Waals surface area contributed by atoms with Gasteiger partial charge in [-0.15, -0.1) is 0 Å². The minimum absolute atomic E-state index is 0.0527. The summed E-state index contributed by atoms with van der Waals surface area (Å²) in [5, 5.41) is 0. The molecule has 1 aliphatic carbocycles. The highest BCUT2D eigenvalue weighted by molar-refractivity contribution is 7.80. The van der Waals surface area contributed by atoms with E-state index in [1.807, 2.05) is 19.0 Å². The molecule has 0 aromatic carbocycles. The van der Waals surface area contributed by atoms with Crippen LogP contribution in [0.2, 0.25) is 0 Å². The number of carbonyl (C=O) groups is 1. The zero-order valence-corrected chi connectivity index (χ0v) is 11.5. The Labute approximate surface area is 108 Å². The molecule has 5 heteroatoms. The maximum atomic E-state index is 11.4. The number of hydrogen-bond donors (Lipinski definition) is 0. The van der Waals surface area contributed by atoms with Gasteiger partial charge in [0.1, 0.15) is 4.99 Å². The Bertz CT molecular complexity index is 308. The number of hydrogen-bond acceptors (Lipinski definition) is 3. The van der Waals surface area contributed by atoms with Crippen LogP contribution in [-0.4, -0.2) is 43.4 Å². The molecule has 0 aromatic heterocycles. The molecule has 4 nitrogen and oxygen atoms in total. The summed E-state index contributed by atoms with van der Waals surface area (Å²) >= 11 is 5.28. The van der Waals surface area contributed by atoms with E-state index in [1.54, 1.807) is 6.34 Å². The summed E-state index contributed by atoms with van der Waals surface area (Å²) in [6, 6.07) is 0. The second-order valence-corrected chi connectivity index (χ2v) is 5.04. The molecule has 17 heavy (non-hydrogen) atoms. The molecule has 0 spiro atoms. The first-order valence-corrected chi connectivity index (χ1v) is 6.27. The first-order chi connectivity index (χ1) is 8.04. The summed E-state index contributed by atoms with van der Waals surface area (Å²) in [6.45, 7) is 0. The molecule has 0 heterocycles. The van der Waals surface area contributed by atoms with Crippen molar-refractivity contribution < 1.29 is 9.53 Å². The molecule has 0 aromatic rings. The fourth-order valence-electron chi connectivity index (χ4n) is 2.02. The molecule has 0 saturated heterocycles. The van der Waals surface area contributed by atoms with E-state index in [1.165, 1.54) is 7.11 Å². The van der Waals surface area contributed by atoms with E-state index in [4.69, 9.17) is 17.0 Å². The number of aliphatic imine (C=N–C) groups is 1. The molecule has 1 fully saturated rings. The highest BCUT2D eigenvalue weighted by atomic mass is 32.1. The van der Waals surface area contributed by atoms with Gasteiger partial charge in [-0.1, -0.05) is 12.2 Å². The summed E-state index contributed by atoms with van der Waals surface area (Å²) < 4.78 is 4.76. The number of nitrogens with zero attached hydrogens (tertiary/aromatic N) is 2. The molecule has 96 valence electrons. The monoisotopic (exact) mass is 256 g/mol. The van der Waals surface area contributed by atoms with Gasteiger partial charge in [0.05, 0.1) is 19.4 Å². The van der Waals surface area contributed by atoms with E-state index >= 15 is 0 Å². The predicted octanol–water partition coefficient (Wildman–Crippen LogP) is 1.88. The maximum absolute atomic E-state index is 11.4. The standard InChI is InChI=1S/C12H20N2O2S/c1-14(2)8-13-11(17)9-4-6-10(7-5-9)12(15)16-3/h8-10H,4-7H2,1-3H3/b13-8+. The predicted molar refractivity (Wildman–Crippen MR) is 72.2 cm³/mol. The number of carbonyl (C=O) groups excluding carboxylic acids is 1. The quantitative estimate of drug-likeness (QED) is 0.335. The van der Waals surface area contributed by atoms with Gasteiger partial charge in [0, 0.05) is 20.0 Å². The Hall–Kier alpha value is -0.970. The highest BCUT2D eigenvalue weighted by Gasteiger charge is 2.28. The van der Waals surface area contributed by atoms with Crippen molar-refractivity contribution in [3.05, 3.63) is 0 Å². The van der Waals surface area contributed by atoms with E-state index in [-0.39, 0.29) is 11.9 Å². The van der Waals surface area contributed by atoms with Crippen molar-refractivity contribution >= 4 is 29.5 Å². The Morgan fingerprint density at radius 1 is 1.29 bits per heavy atom. The van der Waals surface area contributed by atoms with E-state index in [0.29, 0.717) is 5.92 Å². The minimum Gasteiger partial charge on any atom is -0.469 e. The lowest BCUT2D eigenvalue weighted by molar-refractivity contribution is -0.146. The second-order valence-electron chi connectivity index (χ2n) is 4.62. The number of thiocarbonyl (C=S) groups is 1. The topological polar surface area (TPSA) is 41.9 Å². The zero-order valence-electron chi connectivity index (χ0n) is 10.7. The van der Waals surface area contributed by atoms with Crippen LogP contribution in [0.25, 0.3) is 0 Å². The van der Waals surface area contributed by atoms with Crippen LogP contribution in [0.15, 0.2) is 4.99 Å². The zero-order chi connectivity index (χ0) is 12.8. The van der Waals surface area contributed by atoms with Gasteiger partial charge < -0.3 is 9.64 Å². The summed E-state index contributed by atoms with van der Waals surface area (Å²) in [4.78, 5) is 18.2. The number of rotatable bonds is 3. The van der Waals surface area contributed by atoms with Crippen LogP contribution in [0.1, 0.15) is 25.7 Å². The fourth-order valence-corrected chi connectivity index (χ4v) is 2.30. The maximum Gasteiger partial charge on any atom is 0.308 e. The largest absolute Gasteiger partial charge is 0.469 e. The molecule has 1 rings (SSSR count). The minimum atomic E-state index is -0.0915. The molecule has 0 N–H and O–H groups in total. The smallest absolute Gasteiger partial charge is 0.308 e. The third-order valence-electron chi connectivity index (χ3n) is 3.03.